The summed E-state index contributed by atoms with van der Waals surface area (Å²) in [6.07, 6.45) is 5.96. The molecule has 28 heavy (non-hydrogen) atoms. The first-order valence-electron chi connectivity index (χ1n) is 9.30. The van der Waals surface area contributed by atoms with Gasteiger partial charge in [-0.05, 0) is 61.1 Å². The summed E-state index contributed by atoms with van der Waals surface area (Å²) in [5.74, 6) is 0.451. The van der Waals surface area contributed by atoms with Crippen molar-refractivity contribution in [2.45, 2.75) is 39.0 Å². The Morgan fingerprint density at radius 1 is 1.00 bits per heavy atom. The molecule has 2 aromatic rings. The average Bonchev–Trinajstić information content (AvgIpc) is 2.68. The number of thiocarbonyl (C=S) groups is 1. The summed E-state index contributed by atoms with van der Waals surface area (Å²) < 4.78 is 5.71. The zero-order valence-corrected chi connectivity index (χ0v) is 18.1. The Labute approximate surface area is 181 Å². The second kappa shape index (κ2) is 11.9. The summed E-state index contributed by atoms with van der Waals surface area (Å²) in [6, 6.07) is 12.0. The maximum absolute atomic E-state index is 12.3. The topological polar surface area (TPSA) is 50.4 Å². The first kappa shape index (κ1) is 22.5. The second-order valence-electron chi connectivity index (χ2n) is 6.32. The van der Waals surface area contributed by atoms with E-state index < -0.39 is 0 Å². The van der Waals surface area contributed by atoms with E-state index in [2.05, 4.69) is 17.6 Å². The number of nitrogens with one attached hydrogen (secondary N) is 2. The summed E-state index contributed by atoms with van der Waals surface area (Å²) in [4.78, 5) is 12.3. The van der Waals surface area contributed by atoms with Crippen molar-refractivity contribution < 1.29 is 9.53 Å². The Kier molecular flexibility index (Phi) is 9.55. The minimum atomic E-state index is -0.302. The van der Waals surface area contributed by atoms with Gasteiger partial charge in [-0.25, -0.2) is 0 Å². The van der Waals surface area contributed by atoms with Crippen LogP contribution in [0, 0.1) is 0 Å². The highest BCUT2D eigenvalue weighted by Crippen LogP contribution is 2.25. The van der Waals surface area contributed by atoms with Crippen LogP contribution in [0.15, 0.2) is 42.5 Å². The van der Waals surface area contributed by atoms with E-state index in [4.69, 9.17) is 40.2 Å². The highest BCUT2D eigenvalue weighted by molar-refractivity contribution is 7.80. The van der Waals surface area contributed by atoms with E-state index in [1.54, 1.807) is 42.5 Å². The molecule has 0 saturated carbocycles. The molecule has 150 valence electrons. The number of ether oxygens (including phenoxy) is 1. The van der Waals surface area contributed by atoms with Crippen molar-refractivity contribution in [2.24, 2.45) is 0 Å². The van der Waals surface area contributed by atoms with Gasteiger partial charge in [0.2, 0.25) is 0 Å². The number of carbonyl (C=O) groups is 1. The van der Waals surface area contributed by atoms with Crippen LogP contribution in [-0.4, -0.2) is 17.6 Å². The van der Waals surface area contributed by atoms with E-state index in [1.165, 1.54) is 25.7 Å². The number of hydrogen-bond donors (Lipinski definition) is 2. The third-order valence-electron chi connectivity index (χ3n) is 4.04. The molecule has 2 N–H and O–H groups in total. The van der Waals surface area contributed by atoms with Crippen molar-refractivity contribution in [3.05, 3.63) is 58.1 Å². The monoisotopic (exact) mass is 438 g/mol. The first-order chi connectivity index (χ1) is 13.5. The summed E-state index contributed by atoms with van der Waals surface area (Å²) in [6.45, 7) is 2.89. The van der Waals surface area contributed by atoms with Gasteiger partial charge >= 0.3 is 0 Å². The average molecular weight is 439 g/mol. The van der Waals surface area contributed by atoms with Crippen molar-refractivity contribution in [1.82, 2.24) is 5.32 Å². The maximum atomic E-state index is 12.3. The maximum Gasteiger partial charge on any atom is 0.257 e. The van der Waals surface area contributed by atoms with Gasteiger partial charge < -0.3 is 10.1 Å². The Bertz CT molecular complexity index is 797. The number of anilines is 1. The molecule has 0 unspecified atom stereocenters. The predicted molar refractivity (Wildman–Crippen MR) is 121 cm³/mol. The van der Waals surface area contributed by atoms with Gasteiger partial charge in [0.25, 0.3) is 5.91 Å². The molecule has 0 radical (unpaired) electrons. The van der Waals surface area contributed by atoms with Crippen molar-refractivity contribution in [1.29, 1.82) is 0 Å². The van der Waals surface area contributed by atoms with E-state index in [9.17, 15) is 4.79 Å². The smallest absolute Gasteiger partial charge is 0.257 e. The second-order valence-corrected chi connectivity index (χ2v) is 7.55. The van der Waals surface area contributed by atoms with E-state index >= 15 is 0 Å². The van der Waals surface area contributed by atoms with Gasteiger partial charge in [0, 0.05) is 11.3 Å². The lowest BCUT2D eigenvalue weighted by atomic mass is 10.2. The number of rotatable bonds is 9. The molecule has 2 rings (SSSR count). The molecule has 0 bridgehead atoms. The largest absolute Gasteiger partial charge is 0.494 e. The quantitative estimate of drug-likeness (QED) is 0.347. The lowest BCUT2D eigenvalue weighted by Crippen LogP contribution is -2.34. The third-order valence-corrected chi connectivity index (χ3v) is 4.98. The Morgan fingerprint density at radius 2 is 1.71 bits per heavy atom. The van der Waals surface area contributed by atoms with Crippen LogP contribution in [0.4, 0.5) is 5.69 Å². The molecule has 0 saturated heterocycles. The van der Waals surface area contributed by atoms with Gasteiger partial charge in [-0.3, -0.25) is 10.1 Å². The molecule has 0 aliphatic rings. The minimum absolute atomic E-state index is 0.177. The molecule has 0 aromatic heterocycles. The zero-order chi connectivity index (χ0) is 20.4. The number of halogens is 2. The van der Waals surface area contributed by atoms with Crippen LogP contribution < -0.4 is 15.4 Å². The SMILES string of the molecule is CCCCCCCOc1ccc(C(=O)NC(=S)Nc2ccc(Cl)c(Cl)c2)cc1. The van der Waals surface area contributed by atoms with E-state index in [1.807, 2.05) is 0 Å². The molecule has 7 heteroatoms. The fourth-order valence-corrected chi connectivity index (χ4v) is 3.02. The van der Waals surface area contributed by atoms with Gasteiger partial charge in [0.15, 0.2) is 5.11 Å². The van der Waals surface area contributed by atoms with Gasteiger partial charge in [-0.1, -0.05) is 55.8 Å². The molecule has 0 heterocycles. The standard InChI is InChI=1S/C21H24Cl2N2O2S/c1-2-3-4-5-6-13-27-17-10-7-15(8-11-17)20(26)25-21(28)24-16-9-12-18(22)19(23)14-16/h7-12,14H,2-6,13H2,1H3,(H2,24,25,26,28). The highest BCUT2D eigenvalue weighted by atomic mass is 35.5. The minimum Gasteiger partial charge on any atom is -0.494 e. The third kappa shape index (κ3) is 7.66. The van der Waals surface area contributed by atoms with Crippen LogP contribution in [0.1, 0.15) is 49.4 Å². The fraction of sp³-hybridized carbons (Fsp3) is 0.333. The van der Waals surface area contributed by atoms with Gasteiger partial charge in [-0.15, -0.1) is 0 Å². The van der Waals surface area contributed by atoms with Crippen molar-refractivity contribution >= 4 is 52.1 Å². The fourth-order valence-electron chi connectivity index (χ4n) is 2.51. The van der Waals surface area contributed by atoms with Crippen LogP contribution in [0.25, 0.3) is 0 Å². The van der Waals surface area contributed by atoms with Gasteiger partial charge in [-0.2, -0.15) is 0 Å². The van der Waals surface area contributed by atoms with Crippen LogP contribution >= 0.6 is 35.4 Å². The molecule has 2 aromatic carbocycles. The summed E-state index contributed by atoms with van der Waals surface area (Å²) in [5.41, 5.74) is 1.14. The zero-order valence-electron chi connectivity index (χ0n) is 15.8. The van der Waals surface area contributed by atoms with Crippen molar-refractivity contribution in [3.8, 4) is 5.75 Å². The molecule has 0 aliphatic heterocycles. The number of benzene rings is 2. The predicted octanol–water partition coefficient (Wildman–Crippen LogP) is 6.47. The lowest BCUT2D eigenvalue weighted by Gasteiger charge is -2.11. The molecule has 0 spiro atoms. The van der Waals surface area contributed by atoms with E-state index in [-0.39, 0.29) is 11.0 Å². The Hall–Kier alpha value is -1.82. The number of amides is 1. The van der Waals surface area contributed by atoms with Crippen molar-refractivity contribution in [2.75, 3.05) is 11.9 Å². The van der Waals surface area contributed by atoms with Gasteiger partial charge in [0.05, 0.1) is 16.7 Å². The summed E-state index contributed by atoms with van der Waals surface area (Å²) in [5, 5.41) is 6.57. The van der Waals surface area contributed by atoms with E-state index in [0.29, 0.717) is 27.9 Å². The van der Waals surface area contributed by atoms with Crippen molar-refractivity contribution in [3.63, 3.8) is 0 Å². The summed E-state index contributed by atoms with van der Waals surface area (Å²) >= 11 is 17.0. The molecule has 1 amide bonds. The Balaban J connectivity index is 1.78. The summed E-state index contributed by atoms with van der Waals surface area (Å²) in [7, 11) is 0. The molecular weight excluding hydrogens is 415 g/mol. The first-order valence-corrected chi connectivity index (χ1v) is 10.5. The van der Waals surface area contributed by atoms with E-state index in [0.717, 1.165) is 12.2 Å². The molecule has 0 atom stereocenters. The Morgan fingerprint density at radius 3 is 2.39 bits per heavy atom. The molecule has 0 aliphatic carbocycles. The molecule has 4 nitrogen and oxygen atoms in total. The molecular formula is C21H24Cl2N2O2S. The highest BCUT2D eigenvalue weighted by Gasteiger charge is 2.09. The number of carbonyl (C=O) groups excluding carboxylic acids is 1. The van der Waals surface area contributed by atoms with Gasteiger partial charge in [0.1, 0.15) is 5.75 Å². The lowest BCUT2D eigenvalue weighted by molar-refractivity contribution is 0.0977. The van der Waals surface area contributed by atoms with Crippen LogP contribution in [-0.2, 0) is 0 Å². The number of hydrogen-bond acceptors (Lipinski definition) is 3. The van der Waals surface area contributed by atoms with Crippen LogP contribution in [0.5, 0.6) is 5.75 Å². The van der Waals surface area contributed by atoms with Crippen LogP contribution in [0.2, 0.25) is 10.0 Å². The normalized spacial score (nSPS) is 10.4. The number of unbranched alkanes of at least 4 members (excludes halogenated alkanes) is 4. The molecule has 0 fully saturated rings. The van der Waals surface area contributed by atoms with Crippen LogP contribution in [0.3, 0.4) is 0 Å².